The fraction of sp³-hybridized carbons (Fsp3) is 0.333. The lowest BCUT2D eigenvalue weighted by Gasteiger charge is -2.23. The second kappa shape index (κ2) is 8.12. The zero-order valence-electron chi connectivity index (χ0n) is 16.6. The van der Waals surface area contributed by atoms with Crippen LogP contribution in [0.3, 0.4) is 0 Å². The lowest BCUT2D eigenvalue weighted by Crippen LogP contribution is -2.41. The molecular weight excluding hydrogens is 344 g/mol. The molecule has 2 aromatic rings. The number of methoxy groups -OCH3 is 2. The SMILES string of the molecule is COc1ccc(NC(=O)C(C)(C)C(=O)Nc2cc(C)ccc2C)cc1OC. The van der Waals surface area contributed by atoms with E-state index in [1.165, 1.54) is 14.2 Å². The highest BCUT2D eigenvalue weighted by atomic mass is 16.5. The van der Waals surface area contributed by atoms with Crippen molar-refractivity contribution in [2.24, 2.45) is 5.41 Å². The summed E-state index contributed by atoms with van der Waals surface area (Å²) >= 11 is 0. The van der Waals surface area contributed by atoms with E-state index >= 15 is 0 Å². The van der Waals surface area contributed by atoms with Crippen LogP contribution in [0.4, 0.5) is 11.4 Å². The molecule has 0 aliphatic rings. The van der Waals surface area contributed by atoms with Gasteiger partial charge in [-0.2, -0.15) is 0 Å². The topological polar surface area (TPSA) is 76.7 Å². The Labute approximate surface area is 159 Å². The fourth-order valence-electron chi connectivity index (χ4n) is 2.45. The molecule has 6 nitrogen and oxygen atoms in total. The Balaban J connectivity index is 2.16. The van der Waals surface area contributed by atoms with Gasteiger partial charge in [-0.3, -0.25) is 9.59 Å². The molecule has 0 atom stereocenters. The quantitative estimate of drug-likeness (QED) is 0.756. The Morgan fingerprint density at radius 2 is 1.48 bits per heavy atom. The highest BCUT2D eigenvalue weighted by molar-refractivity contribution is 6.14. The molecule has 144 valence electrons. The minimum atomic E-state index is -1.27. The van der Waals surface area contributed by atoms with Crippen LogP contribution in [0.25, 0.3) is 0 Å². The molecule has 0 fully saturated rings. The molecule has 2 rings (SSSR count). The Kier molecular flexibility index (Phi) is 6.10. The standard InChI is InChI=1S/C21H26N2O4/c1-13-7-8-14(2)16(11-13)23-20(25)21(3,4)19(24)22-15-9-10-17(26-5)18(12-15)27-6/h7-12H,1-6H3,(H,22,24)(H,23,25). The van der Waals surface area contributed by atoms with Crippen molar-refractivity contribution in [3.05, 3.63) is 47.5 Å². The van der Waals surface area contributed by atoms with Gasteiger partial charge in [0.05, 0.1) is 14.2 Å². The van der Waals surface area contributed by atoms with E-state index < -0.39 is 11.3 Å². The van der Waals surface area contributed by atoms with Crippen molar-refractivity contribution in [1.82, 2.24) is 0 Å². The molecule has 2 amide bonds. The Bertz CT molecular complexity index is 859. The molecular formula is C21H26N2O4. The fourth-order valence-corrected chi connectivity index (χ4v) is 2.45. The largest absolute Gasteiger partial charge is 0.493 e. The van der Waals surface area contributed by atoms with Crippen molar-refractivity contribution < 1.29 is 19.1 Å². The number of nitrogens with one attached hydrogen (secondary N) is 2. The number of ether oxygens (including phenoxy) is 2. The average Bonchev–Trinajstić information content (AvgIpc) is 2.64. The Morgan fingerprint density at radius 1 is 0.852 bits per heavy atom. The molecule has 0 saturated carbocycles. The van der Waals surface area contributed by atoms with Crippen LogP contribution in [-0.4, -0.2) is 26.0 Å². The first kappa shape index (κ1) is 20.3. The molecule has 0 aliphatic carbocycles. The van der Waals surface area contributed by atoms with Gasteiger partial charge in [0.25, 0.3) is 0 Å². The number of aryl methyl sites for hydroxylation is 2. The Hall–Kier alpha value is -3.02. The zero-order valence-corrected chi connectivity index (χ0v) is 16.6. The van der Waals surface area contributed by atoms with Crippen LogP contribution < -0.4 is 20.1 Å². The van der Waals surface area contributed by atoms with Gasteiger partial charge in [-0.05, 0) is 57.0 Å². The van der Waals surface area contributed by atoms with Crippen molar-refractivity contribution in [2.45, 2.75) is 27.7 Å². The molecule has 0 aliphatic heterocycles. The third-order valence-electron chi connectivity index (χ3n) is 4.42. The maximum Gasteiger partial charge on any atom is 0.239 e. The summed E-state index contributed by atoms with van der Waals surface area (Å²) in [5.41, 5.74) is 1.91. The van der Waals surface area contributed by atoms with Gasteiger partial charge in [-0.25, -0.2) is 0 Å². The average molecular weight is 370 g/mol. The molecule has 0 radical (unpaired) electrons. The number of carbonyl (C=O) groups is 2. The van der Waals surface area contributed by atoms with E-state index in [9.17, 15) is 9.59 Å². The van der Waals surface area contributed by atoms with Gasteiger partial charge in [0, 0.05) is 17.4 Å². The number of hydrogen-bond acceptors (Lipinski definition) is 4. The van der Waals surface area contributed by atoms with Gasteiger partial charge < -0.3 is 20.1 Å². The number of hydrogen-bond donors (Lipinski definition) is 2. The molecule has 27 heavy (non-hydrogen) atoms. The van der Waals surface area contributed by atoms with E-state index in [0.717, 1.165) is 11.1 Å². The maximum atomic E-state index is 12.7. The van der Waals surface area contributed by atoms with Gasteiger partial charge in [0.2, 0.25) is 11.8 Å². The minimum Gasteiger partial charge on any atom is -0.493 e. The van der Waals surface area contributed by atoms with Crippen LogP contribution in [-0.2, 0) is 9.59 Å². The lowest BCUT2D eigenvalue weighted by atomic mass is 9.90. The van der Waals surface area contributed by atoms with E-state index in [4.69, 9.17) is 9.47 Å². The predicted octanol–water partition coefficient (Wildman–Crippen LogP) is 3.92. The summed E-state index contributed by atoms with van der Waals surface area (Å²) in [6.07, 6.45) is 0. The molecule has 2 N–H and O–H groups in total. The third-order valence-corrected chi connectivity index (χ3v) is 4.42. The molecule has 0 saturated heterocycles. The van der Waals surface area contributed by atoms with Crippen LogP contribution in [0.2, 0.25) is 0 Å². The van der Waals surface area contributed by atoms with Crippen molar-refractivity contribution in [1.29, 1.82) is 0 Å². The van der Waals surface area contributed by atoms with Crippen LogP contribution >= 0.6 is 0 Å². The molecule has 0 spiro atoms. The molecule has 0 heterocycles. The predicted molar refractivity (Wildman–Crippen MR) is 107 cm³/mol. The van der Waals surface area contributed by atoms with Crippen molar-refractivity contribution in [3.8, 4) is 11.5 Å². The second-order valence-electron chi connectivity index (χ2n) is 6.92. The monoisotopic (exact) mass is 370 g/mol. The van der Waals surface area contributed by atoms with Crippen LogP contribution in [0.5, 0.6) is 11.5 Å². The van der Waals surface area contributed by atoms with Crippen LogP contribution in [0.15, 0.2) is 36.4 Å². The van der Waals surface area contributed by atoms with Gasteiger partial charge >= 0.3 is 0 Å². The first-order valence-electron chi connectivity index (χ1n) is 8.61. The van der Waals surface area contributed by atoms with Gasteiger partial charge in [-0.15, -0.1) is 0 Å². The summed E-state index contributed by atoms with van der Waals surface area (Å²) in [4.78, 5) is 25.5. The lowest BCUT2D eigenvalue weighted by molar-refractivity contribution is -0.135. The number of benzene rings is 2. The Morgan fingerprint density at radius 3 is 2.11 bits per heavy atom. The highest BCUT2D eigenvalue weighted by Gasteiger charge is 2.36. The number of amides is 2. The first-order chi connectivity index (χ1) is 12.7. The molecule has 0 unspecified atom stereocenters. The van der Waals surface area contributed by atoms with E-state index in [1.807, 2.05) is 32.0 Å². The summed E-state index contributed by atoms with van der Waals surface area (Å²) in [7, 11) is 3.06. The van der Waals surface area contributed by atoms with E-state index in [0.29, 0.717) is 22.9 Å². The van der Waals surface area contributed by atoms with Crippen molar-refractivity contribution >= 4 is 23.2 Å². The van der Waals surface area contributed by atoms with Crippen LogP contribution in [0, 0.1) is 19.3 Å². The summed E-state index contributed by atoms with van der Waals surface area (Å²) in [6.45, 7) is 7.03. The second-order valence-corrected chi connectivity index (χ2v) is 6.92. The summed E-state index contributed by atoms with van der Waals surface area (Å²) in [5.74, 6) is 0.252. The minimum absolute atomic E-state index is 0.380. The van der Waals surface area contributed by atoms with E-state index in [2.05, 4.69) is 10.6 Å². The molecule has 2 aromatic carbocycles. The summed E-state index contributed by atoms with van der Waals surface area (Å²) < 4.78 is 10.4. The smallest absolute Gasteiger partial charge is 0.239 e. The molecule has 0 bridgehead atoms. The van der Waals surface area contributed by atoms with E-state index in [-0.39, 0.29) is 5.91 Å². The summed E-state index contributed by atoms with van der Waals surface area (Å²) in [5, 5.41) is 5.62. The maximum absolute atomic E-state index is 12.7. The first-order valence-corrected chi connectivity index (χ1v) is 8.61. The number of carbonyl (C=O) groups excluding carboxylic acids is 2. The third kappa shape index (κ3) is 4.58. The number of rotatable bonds is 6. The van der Waals surface area contributed by atoms with Gasteiger partial charge in [-0.1, -0.05) is 12.1 Å². The zero-order chi connectivity index (χ0) is 20.2. The van der Waals surface area contributed by atoms with Crippen molar-refractivity contribution in [2.75, 3.05) is 24.9 Å². The van der Waals surface area contributed by atoms with Crippen LogP contribution in [0.1, 0.15) is 25.0 Å². The van der Waals surface area contributed by atoms with Gasteiger partial charge in [0.1, 0.15) is 5.41 Å². The summed E-state index contributed by atoms with van der Waals surface area (Å²) in [6, 6.07) is 10.8. The highest BCUT2D eigenvalue weighted by Crippen LogP contribution is 2.31. The van der Waals surface area contributed by atoms with Crippen molar-refractivity contribution in [3.63, 3.8) is 0 Å². The molecule has 6 heteroatoms. The van der Waals surface area contributed by atoms with E-state index in [1.54, 1.807) is 32.0 Å². The van der Waals surface area contributed by atoms with Gasteiger partial charge in [0.15, 0.2) is 11.5 Å². The normalized spacial score (nSPS) is 10.9. The number of anilines is 2. The molecule has 0 aromatic heterocycles.